The second-order valence-electron chi connectivity index (χ2n) is 5.67. The van der Waals surface area contributed by atoms with Crippen LogP contribution < -0.4 is 5.63 Å². The van der Waals surface area contributed by atoms with Crippen molar-refractivity contribution >= 4 is 11.0 Å². The van der Waals surface area contributed by atoms with Gasteiger partial charge in [0.1, 0.15) is 11.3 Å². The lowest BCUT2D eigenvalue weighted by Crippen LogP contribution is -2.21. The monoisotopic (exact) mass is 289 g/mol. The summed E-state index contributed by atoms with van der Waals surface area (Å²) in [6.07, 6.45) is 1.92. The molecule has 1 aromatic heterocycles. The predicted octanol–water partition coefficient (Wildman–Crippen LogP) is 1.70. The van der Waals surface area contributed by atoms with Gasteiger partial charge in [0.25, 0.3) is 0 Å². The van der Waals surface area contributed by atoms with Crippen LogP contribution in [0.25, 0.3) is 11.0 Å². The Morgan fingerprint density at radius 2 is 2.19 bits per heavy atom. The second kappa shape index (κ2) is 5.87. The third-order valence-corrected chi connectivity index (χ3v) is 4.12. The number of phenolic OH excluding ortho intramolecular Hbond substituents is 1. The quantitative estimate of drug-likeness (QED) is 0.838. The van der Waals surface area contributed by atoms with Crippen molar-refractivity contribution in [1.82, 2.24) is 4.90 Å². The van der Waals surface area contributed by atoms with Crippen LogP contribution in [0.4, 0.5) is 0 Å². The van der Waals surface area contributed by atoms with Crippen molar-refractivity contribution in [2.75, 3.05) is 19.7 Å². The molecule has 1 unspecified atom stereocenters. The third kappa shape index (κ3) is 3.09. The number of fused-ring (bicyclic) bond motifs is 1. The Labute approximate surface area is 122 Å². The Morgan fingerprint density at radius 3 is 3.00 bits per heavy atom. The number of likely N-dealkylation sites (tertiary alicyclic amines) is 1. The van der Waals surface area contributed by atoms with Crippen molar-refractivity contribution in [3.8, 4) is 5.75 Å². The number of benzene rings is 1. The van der Waals surface area contributed by atoms with Gasteiger partial charge in [-0.2, -0.15) is 0 Å². The van der Waals surface area contributed by atoms with Gasteiger partial charge >= 0.3 is 5.63 Å². The molecule has 1 aromatic carbocycles. The van der Waals surface area contributed by atoms with E-state index in [9.17, 15) is 9.90 Å². The van der Waals surface area contributed by atoms with Crippen LogP contribution in [-0.2, 0) is 6.54 Å². The molecule has 2 N–H and O–H groups in total. The van der Waals surface area contributed by atoms with Crippen LogP contribution in [0, 0.1) is 5.92 Å². The molecule has 0 amide bonds. The normalized spacial score (nSPS) is 19.4. The fraction of sp³-hybridized carbons (Fsp3) is 0.438. The summed E-state index contributed by atoms with van der Waals surface area (Å²) in [4.78, 5) is 13.9. The minimum atomic E-state index is -0.394. The van der Waals surface area contributed by atoms with Crippen molar-refractivity contribution in [3.05, 3.63) is 40.2 Å². The summed E-state index contributed by atoms with van der Waals surface area (Å²) >= 11 is 0. The SMILES string of the molecule is O=c1cc(CN2CCC(CCO)C2)c2ccc(O)cc2o1. The van der Waals surface area contributed by atoms with E-state index in [1.807, 2.05) is 0 Å². The molecule has 112 valence electrons. The van der Waals surface area contributed by atoms with Gasteiger partial charge in [-0.1, -0.05) is 0 Å². The highest BCUT2D eigenvalue weighted by Crippen LogP contribution is 2.25. The van der Waals surface area contributed by atoms with E-state index < -0.39 is 5.63 Å². The molecule has 2 heterocycles. The first-order valence-electron chi connectivity index (χ1n) is 7.24. The van der Waals surface area contributed by atoms with Gasteiger partial charge in [0.2, 0.25) is 0 Å². The van der Waals surface area contributed by atoms with Crippen LogP contribution in [0.3, 0.4) is 0 Å². The molecule has 1 saturated heterocycles. The number of nitrogens with zero attached hydrogens (tertiary/aromatic N) is 1. The lowest BCUT2D eigenvalue weighted by molar-refractivity contribution is 0.249. The van der Waals surface area contributed by atoms with Crippen molar-refractivity contribution in [1.29, 1.82) is 0 Å². The molecule has 1 atom stereocenters. The average molecular weight is 289 g/mol. The smallest absolute Gasteiger partial charge is 0.336 e. The molecule has 3 rings (SSSR count). The minimum absolute atomic E-state index is 0.0898. The molecule has 0 spiro atoms. The van der Waals surface area contributed by atoms with Gasteiger partial charge in [-0.05, 0) is 43.0 Å². The van der Waals surface area contributed by atoms with E-state index in [1.165, 1.54) is 12.1 Å². The first-order valence-corrected chi connectivity index (χ1v) is 7.24. The van der Waals surface area contributed by atoms with Crippen molar-refractivity contribution in [2.24, 2.45) is 5.92 Å². The lowest BCUT2D eigenvalue weighted by Gasteiger charge is -2.16. The molecular weight excluding hydrogens is 270 g/mol. The van der Waals surface area contributed by atoms with Gasteiger partial charge in [0.05, 0.1) is 0 Å². The summed E-state index contributed by atoms with van der Waals surface area (Å²) in [5.74, 6) is 0.623. The topological polar surface area (TPSA) is 73.9 Å². The summed E-state index contributed by atoms with van der Waals surface area (Å²) < 4.78 is 5.14. The van der Waals surface area contributed by atoms with Gasteiger partial charge in [0, 0.05) is 37.2 Å². The lowest BCUT2D eigenvalue weighted by atomic mass is 10.1. The maximum Gasteiger partial charge on any atom is 0.336 e. The molecule has 0 aliphatic carbocycles. The Hall–Kier alpha value is -1.85. The van der Waals surface area contributed by atoms with Crippen molar-refractivity contribution in [3.63, 3.8) is 0 Å². The fourth-order valence-electron chi connectivity index (χ4n) is 3.06. The highest BCUT2D eigenvalue weighted by atomic mass is 16.4. The molecular formula is C16H19NO4. The van der Waals surface area contributed by atoms with Crippen molar-refractivity contribution in [2.45, 2.75) is 19.4 Å². The number of hydrogen-bond acceptors (Lipinski definition) is 5. The van der Waals surface area contributed by atoms with E-state index in [-0.39, 0.29) is 12.4 Å². The Balaban J connectivity index is 1.85. The second-order valence-corrected chi connectivity index (χ2v) is 5.67. The first-order chi connectivity index (χ1) is 10.2. The van der Waals surface area contributed by atoms with Gasteiger partial charge in [-0.25, -0.2) is 4.79 Å². The number of aromatic hydroxyl groups is 1. The maximum absolute atomic E-state index is 11.7. The van der Waals surface area contributed by atoms with E-state index >= 15 is 0 Å². The molecule has 5 heteroatoms. The molecule has 0 saturated carbocycles. The van der Waals surface area contributed by atoms with Gasteiger partial charge in [-0.3, -0.25) is 4.90 Å². The van der Waals surface area contributed by atoms with Crippen LogP contribution in [0.15, 0.2) is 33.5 Å². The third-order valence-electron chi connectivity index (χ3n) is 4.12. The minimum Gasteiger partial charge on any atom is -0.508 e. The van der Waals surface area contributed by atoms with E-state index in [2.05, 4.69) is 4.90 Å². The van der Waals surface area contributed by atoms with Crippen LogP contribution >= 0.6 is 0 Å². The standard InChI is InChI=1S/C16H19NO4/c18-6-4-11-3-5-17(9-11)10-12-7-16(20)21-15-8-13(19)1-2-14(12)15/h1-2,7-8,11,18-19H,3-6,9-10H2. The zero-order valence-electron chi connectivity index (χ0n) is 11.8. The Kier molecular flexibility index (Phi) is 3.94. The van der Waals surface area contributed by atoms with Crippen LogP contribution in [0.2, 0.25) is 0 Å². The highest BCUT2D eigenvalue weighted by molar-refractivity contribution is 5.81. The maximum atomic E-state index is 11.7. The zero-order valence-corrected chi connectivity index (χ0v) is 11.8. The number of aliphatic hydroxyl groups is 1. The number of hydrogen-bond donors (Lipinski definition) is 2. The number of aliphatic hydroxyl groups excluding tert-OH is 1. The van der Waals surface area contributed by atoms with E-state index in [4.69, 9.17) is 9.52 Å². The average Bonchev–Trinajstić information content (AvgIpc) is 2.85. The van der Waals surface area contributed by atoms with Crippen LogP contribution in [-0.4, -0.2) is 34.8 Å². The Bertz CT molecular complexity index is 694. The van der Waals surface area contributed by atoms with E-state index in [0.717, 1.165) is 36.9 Å². The molecule has 2 aromatic rings. The number of phenols is 1. The van der Waals surface area contributed by atoms with Gasteiger partial charge < -0.3 is 14.6 Å². The summed E-state index contributed by atoms with van der Waals surface area (Å²) in [5, 5.41) is 19.4. The predicted molar refractivity (Wildman–Crippen MR) is 79.2 cm³/mol. The molecule has 1 fully saturated rings. The summed E-state index contributed by atoms with van der Waals surface area (Å²) in [6, 6.07) is 6.38. The first kappa shape index (κ1) is 14.1. The number of rotatable bonds is 4. The van der Waals surface area contributed by atoms with Gasteiger partial charge in [0.15, 0.2) is 0 Å². The van der Waals surface area contributed by atoms with Crippen LogP contribution in [0.5, 0.6) is 5.75 Å². The molecule has 0 bridgehead atoms. The summed E-state index contributed by atoms with van der Waals surface area (Å²) in [7, 11) is 0. The summed E-state index contributed by atoms with van der Waals surface area (Å²) in [6.45, 7) is 2.84. The molecule has 21 heavy (non-hydrogen) atoms. The van der Waals surface area contributed by atoms with E-state index in [0.29, 0.717) is 18.0 Å². The Morgan fingerprint density at radius 1 is 1.33 bits per heavy atom. The molecule has 0 radical (unpaired) electrons. The molecule has 5 nitrogen and oxygen atoms in total. The van der Waals surface area contributed by atoms with Crippen molar-refractivity contribution < 1.29 is 14.6 Å². The fourth-order valence-corrected chi connectivity index (χ4v) is 3.06. The van der Waals surface area contributed by atoms with Gasteiger partial charge in [-0.15, -0.1) is 0 Å². The van der Waals surface area contributed by atoms with Crippen LogP contribution in [0.1, 0.15) is 18.4 Å². The largest absolute Gasteiger partial charge is 0.508 e. The molecule has 1 aliphatic heterocycles. The molecule has 1 aliphatic rings. The summed E-state index contributed by atoms with van der Waals surface area (Å²) in [5.41, 5.74) is 0.948. The zero-order chi connectivity index (χ0) is 14.8. The highest BCUT2D eigenvalue weighted by Gasteiger charge is 2.22. The van der Waals surface area contributed by atoms with E-state index in [1.54, 1.807) is 12.1 Å².